The summed E-state index contributed by atoms with van der Waals surface area (Å²) in [5.74, 6) is 0.166. The Balaban J connectivity index is 5.22. The highest BCUT2D eigenvalue weighted by Crippen LogP contribution is 2.45. The van der Waals surface area contributed by atoms with Crippen LogP contribution in [0.3, 0.4) is 0 Å². The number of hydrogen-bond acceptors (Lipinski definition) is 15. The second-order valence-corrected chi connectivity index (χ2v) is 33.8. The Morgan fingerprint density at radius 3 is 0.673 bits per heavy atom. The zero-order valence-electron chi connectivity index (χ0n) is 66.4. The molecule has 101 heavy (non-hydrogen) atoms. The van der Waals surface area contributed by atoms with Crippen LogP contribution in [-0.2, 0) is 65.4 Å². The summed E-state index contributed by atoms with van der Waals surface area (Å²) in [5.41, 5.74) is 0. The van der Waals surface area contributed by atoms with Crippen molar-refractivity contribution < 1.29 is 80.2 Å². The number of aliphatic hydroxyl groups is 1. The van der Waals surface area contributed by atoms with Gasteiger partial charge in [0.15, 0.2) is 12.2 Å². The SMILES string of the molecule is CCCCCCCCCCCCCCCCCCCC(=O)OC[C@H](COP(=O)(O)OC[C@@H](O)COP(=O)(O)OC[C@@H](COC(=O)CCCCCCCCCC(C)C)OC(=O)CCCCCCCCCCCCC(C)C)OC(=O)CCCCCCCCCCCCCCCCCCCCC(C)C. The van der Waals surface area contributed by atoms with Gasteiger partial charge >= 0.3 is 39.5 Å². The number of ether oxygens (including phenoxy) is 4. The standard InChI is InChI=1S/C82H160O17P2/c1-8-9-10-11-12-13-14-15-16-19-23-26-29-35-42-49-56-63-79(84)92-69-77(98-81(86)65-58-51-43-36-30-27-24-21-18-17-20-22-25-28-33-39-46-53-60-73(2)3)71-96-100(88,89)94-67-76(83)68-95-101(90,91)97-72-78(70-93-80(85)64-57-50-45-38-41-48-55-62-75(6)7)99-82(87)66-59-52-44-37-32-31-34-40-47-54-61-74(4)5/h73-78,83H,8-72H2,1-7H3,(H,88,89)(H,90,91)/t76-,77-,78-/m1/s1. The van der Waals surface area contributed by atoms with Crippen molar-refractivity contribution in [2.45, 2.75) is 446 Å². The molecule has 600 valence electrons. The predicted molar refractivity (Wildman–Crippen MR) is 414 cm³/mol. The normalized spacial score (nSPS) is 14.0. The quantitative estimate of drug-likeness (QED) is 0.0222. The molecule has 0 saturated carbocycles. The van der Waals surface area contributed by atoms with Crippen LogP contribution in [0, 0.1) is 17.8 Å². The van der Waals surface area contributed by atoms with Gasteiger partial charge in [-0.2, -0.15) is 0 Å². The third kappa shape index (κ3) is 76.1. The summed E-state index contributed by atoms with van der Waals surface area (Å²) in [6, 6.07) is 0. The van der Waals surface area contributed by atoms with Crippen molar-refractivity contribution in [1.29, 1.82) is 0 Å². The van der Waals surface area contributed by atoms with Crippen LogP contribution in [0.15, 0.2) is 0 Å². The lowest BCUT2D eigenvalue weighted by molar-refractivity contribution is -0.161. The average molecular weight is 1480 g/mol. The number of esters is 4. The molecule has 0 fully saturated rings. The van der Waals surface area contributed by atoms with Crippen LogP contribution < -0.4 is 0 Å². The minimum atomic E-state index is -4.96. The Morgan fingerprint density at radius 1 is 0.267 bits per heavy atom. The van der Waals surface area contributed by atoms with E-state index in [1.54, 1.807) is 0 Å². The predicted octanol–water partition coefficient (Wildman–Crippen LogP) is 24.5. The molecule has 0 aliphatic carbocycles. The van der Waals surface area contributed by atoms with Gasteiger partial charge in [0.2, 0.25) is 0 Å². The third-order valence-electron chi connectivity index (χ3n) is 19.1. The molecule has 0 rings (SSSR count). The van der Waals surface area contributed by atoms with Crippen LogP contribution in [-0.4, -0.2) is 96.7 Å². The van der Waals surface area contributed by atoms with Crippen molar-refractivity contribution >= 4 is 39.5 Å². The summed E-state index contributed by atoms with van der Waals surface area (Å²) >= 11 is 0. The van der Waals surface area contributed by atoms with E-state index in [4.69, 9.17) is 37.0 Å². The van der Waals surface area contributed by atoms with Crippen LogP contribution in [0.5, 0.6) is 0 Å². The number of carbonyl (C=O) groups excluding carboxylic acids is 4. The number of carbonyl (C=O) groups is 4. The fourth-order valence-electron chi connectivity index (χ4n) is 12.7. The van der Waals surface area contributed by atoms with Crippen molar-refractivity contribution in [2.75, 3.05) is 39.6 Å². The molecule has 17 nitrogen and oxygen atoms in total. The van der Waals surface area contributed by atoms with E-state index in [2.05, 4.69) is 48.5 Å². The summed E-state index contributed by atoms with van der Waals surface area (Å²) in [4.78, 5) is 73.0. The van der Waals surface area contributed by atoms with E-state index < -0.39 is 97.5 Å². The molecule has 0 amide bonds. The maximum Gasteiger partial charge on any atom is 0.472 e. The van der Waals surface area contributed by atoms with Crippen LogP contribution in [0.2, 0.25) is 0 Å². The number of unbranched alkanes of at least 4 members (excludes halogenated alkanes) is 48. The fraction of sp³-hybridized carbons (Fsp3) is 0.951. The van der Waals surface area contributed by atoms with Gasteiger partial charge in [-0.15, -0.1) is 0 Å². The first-order valence-corrected chi connectivity index (χ1v) is 45.3. The molecule has 3 N–H and O–H groups in total. The van der Waals surface area contributed by atoms with E-state index in [1.807, 2.05) is 0 Å². The number of phosphoric acid groups is 2. The van der Waals surface area contributed by atoms with Gasteiger partial charge in [0.1, 0.15) is 19.3 Å². The van der Waals surface area contributed by atoms with E-state index in [9.17, 15) is 43.2 Å². The first-order valence-electron chi connectivity index (χ1n) is 42.3. The minimum absolute atomic E-state index is 0.105. The van der Waals surface area contributed by atoms with Gasteiger partial charge in [-0.05, 0) is 43.4 Å². The summed E-state index contributed by atoms with van der Waals surface area (Å²) in [7, 11) is -9.92. The molecule has 0 spiro atoms. The molecule has 0 aliphatic heterocycles. The third-order valence-corrected chi connectivity index (χ3v) is 21.0. The number of phosphoric ester groups is 2. The molecule has 0 aromatic carbocycles. The fourth-order valence-corrected chi connectivity index (χ4v) is 14.2. The van der Waals surface area contributed by atoms with E-state index in [1.165, 1.54) is 231 Å². The van der Waals surface area contributed by atoms with Gasteiger partial charge in [-0.1, -0.05) is 376 Å². The topological polar surface area (TPSA) is 237 Å². The Hall–Kier alpha value is -1.94. The zero-order chi connectivity index (χ0) is 74.4. The summed E-state index contributed by atoms with van der Waals surface area (Å²) in [6.45, 7) is 11.9. The lowest BCUT2D eigenvalue weighted by Crippen LogP contribution is -2.30. The molecule has 0 aromatic heterocycles. The molecular weight excluding hydrogens is 1320 g/mol. The second kappa shape index (κ2) is 72.3. The van der Waals surface area contributed by atoms with E-state index >= 15 is 0 Å². The summed E-state index contributed by atoms with van der Waals surface area (Å²) in [5, 5.41) is 10.6. The number of aliphatic hydroxyl groups excluding tert-OH is 1. The molecule has 0 aromatic rings. The Bertz CT molecular complexity index is 1960. The van der Waals surface area contributed by atoms with Gasteiger partial charge < -0.3 is 33.8 Å². The van der Waals surface area contributed by atoms with Crippen molar-refractivity contribution in [1.82, 2.24) is 0 Å². The van der Waals surface area contributed by atoms with Crippen molar-refractivity contribution in [3.63, 3.8) is 0 Å². The minimum Gasteiger partial charge on any atom is -0.462 e. The Morgan fingerprint density at radius 2 is 0.455 bits per heavy atom. The van der Waals surface area contributed by atoms with Crippen molar-refractivity contribution in [2.24, 2.45) is 17.8 Å². The van der Waals surface area contributed by atoms with Crippen LogP contribution in [0.1, 0.15) is 427 Å². The average Bonchev–Trinajstić information content (AvgIpc) is 0.930. The highest BCUT2D eigenvalue weighted by molar-refractivity contribution is 7.47. The molecule has 0 heterocycles. The van der Waals surface area contributed by atoms with E-state index in [-0.39, 0.29) is 25.7 Å². The first-order chi connectivity index (χ1) is 48.7. The number of hydrogen-bond donors (Lipinski definition) is 3. The maximum atomic E-state index is 13.1. The Labute approximate surface area is 619 Å². The summed E-state index contributed by atoms with van der Waals surface area (Å²) < 4.78 is 68.7. The monoisotopic (exact) mass is 1480 g/mol. The van der Waals surface area contributed by atoms with Gasteiger partial charge in [0.05, 0.1) is 26.4 Å². The van der Waals surface area contributed by atoms with Gasteiger partial charge in [-0.25, -0.2) is 9.13 Å². The first kappa shape index (κ1) is 99.1. The lowest BCUT2D eigenvalue weighted by atomic mass is 10.0. The maximum absolute atomic E-state index is 13.1. The highest BCUT2D eigenvalue weighted by Gasteiger charge is 2.30. The Kier molecular flexibility index (Phi) is 70.9. The molecule has 0 saturated heterocycles. The van der Waals surface area contributed by atoms with Crippen LogP contribution in [0.4, 0.5) is 0 Å². The van der Waals surface area contributed by atoms with E-state index in [0.717, 1.165) is 108 Å². The smallest absolute Gasteiger partial charge is 0.462 e. The molecule has 0 radical (unpaired) electrons. The van der Waals surface area contributed by atoms with Gasteiger partial charge in [0, 0.05) is 25.7 Å². The summed E-state index contributed by atoms with van der Waals surface area (Å²) in [6.07, 6.45) is 61.2. The molecular formula is C82H160O17P2. The van der Waals surface area contributed by atoms with Crippen LogP contribution >= 0.6 is 15.6 Å². The molecule has 0 aliphatic rings. The van der Waals surface area contributed by atoms with Gasteiger partial charge in [-0.3, -0.25) is 37.3 Å². The van der Waals surface area contributed by atoms with Crippen molar-refractivity contribution in [3.8, 4) is 0 Å². The van der Waals surface area contributed by atoms with Gasteiger partial charge in [0.25, 0.3) is 0 Å². The molecule has 2 unspecified atom stereocenters. The number of rotatable bonds is 80. The second-order valence-electron chi connectivity index (χ2n) is 30.9. The molecule has 5 atom stereocenters. The molecule has 0 bridgehead atoms. The largest absolute Gasteiger partial charge is 0.472 e. The highest BCUT2D eigenvalue weighted by atomic mass is 31.2. The van der Waals surface area contributed by atoms with Crippen LogP contribution in [0.25, 0.3) is 0 Å². The van der Waals surface area contributed by atoms with Crippen molar-refractivity contribution in [3.05, 3.63) is 0 Å². The van der Waals surface area contributed by atoms with E-state index in [0.29, 0.717) is 31.6 Å². The lowest BCUT2D eigenvalue weighted by Gasteiger charge is -2.21. The zero-order valence-corrected chi connectivity index (χ0v) is 68.2. The molecule has 19 heteroatoms.